The Kier molecular flexibility index (Phi) is 8.90. The normalized spacial score (nSPS) is 11.0. The van der Waals surface area contributed by atoms with Crippen LogP contribution in [0.25, 0.3) is 31.8 Å². The van der Waals surface area contributed by atoms with Gasteiger partial charge in [0.15, 0.2) is 0 Å². The van der Waals surface area contributed by atoms with Crippen molar-refractivity contribution in [2.75, 3.05) is 40.1 Å². The maximum absolute atomic E-state index is 12.7. The minimum atomic E-state index is -1.03. The van der Waals surface area contributed by atoms with Crippen molar-refractivity contribution in [2.45, 2.75) is 0 Å². The number of benzene rings is 2. The molecule has 0 aliphatic carbocycles. The minimum Gasteiger partial charge on any atom is -0.497 e. The molecule has 0 atom stereocenters. The van der Waals surface area contributed by atoms with Crippen molar-refractivity contribution in [3.8, 4) is 27.3 Å². The molecule has 0 fully saturated rings. The van der Waals surface area contributed by atoms with Gasteiger partial charge >= 0.3 is 5.97 Å². The van der Waals surface area contributed by atoms with Gasteiger partial charge in [0.05, 0.1) is 37.1 Å². The van der Waals surface area contributed by atoms with Gasteiger partial charge in [0.25, 0.3) is 11.5 Å². The van der Waals surface area contributed by atoms with E-state index in [2.05, 4.69) is 5.32 Å². The zero-order valence-electron chi connectivity index (χ0n) is 21.1. The van der Waals surface area contributed by atoms with Gasteiger partial charge in [-0.15, -0.1) is 11.3 Å². The number of methoxy groups -OCH3 is 1. The number of carboxylic acids is 1. The maximum Gasteiger partial charge on any atom is 0.329 e. The molecule has 0 saturated carbocycles. The molecule has 2 heterocycles. The summed E-state index contributed by atoms with van der Waals surface area (Å²) < 4.78 is 18.1. The van der Waals surface area contributed by atoms with Crippen LogP contribution in [0.1, 0.15) is 10.4 Å². The Morgan fingerprint density at radius 2 is 1.63 bits per heavy atom. The Hall–Kier alpha value is -3.99. The fourth-order valence-electron chi connectivity index (χ4n) is 3.86. The van der Waals surface area contributed by atoms with Gasteiger partial charge in [0.1, 0.15) is 12.4 Å². The number of carbonyl (C=O) groups is 2. The van der Waals surface area contributed by atoms with E-state index in [0.717, 1.165) is 37.5 Å². The molecule has 2 aromatic carbocycles. The van der Waals surface area contributed by atoms with Gasteiger partial charge in [-0.1, -0.05) is 12.1 Å². The zero-order chi connectivity index (χ0) is 27.1. The van der Waals surface area contributed by atoms with Crippen LogP contribution in [0.2, 0.25) is 0 Å². The summed E-state index contributed by atoms with van der Waals surface area (Å²) in [5, 5.41) is 11.3. The molecule has 0 unspecified atom stereocenters. The quantitative estimate of drug-likeness (QED) is 0.265. The van der Waals surface area contributed by atoms with E-state index in [-0.39, 0.29) is 37.9 Å². The van der Waals surface area contributed by atoms with Gasteiger partial charge < -0.3 is 29.2 Å². The number of aliphatic carboxylic acids is 1. The Balaban J connectivity index is 1.44. The van der Waals surface area contributed by atoms with Crippen LogP contribution in [0.4, 0.5) is 0 Å². The van der Waals surface area contributed by atoms with Gasteiger partial charge in [-0.05, 0) is 53.6 Å². The van der Waals surface area contributed by atoms with Crippen molar-refractivity contribution >= 4 is 33.4 Å². The Labute approximate surface area is 223 Å². The first-order chi connectivity index (χ1) is 18.4. The van der Waals surface area contributed by atoms with Crippen LogP contribution < -0.4 is 15.6 Å². The Bertz CT molecular complexity index is 1470. The fourth-order valence-corrected chi connectivity index (χ4v) is 5.09. The summed E-state index contributed by atoms with van der Waals surface area (Å²) in [5.41, 5.74) is 3.92. The number of carbonyl (C=O) groups excluding carboxylic acids is 1. The van der Waals surface area contributed by atoms with E-state index in [1.165, 1.54) is 0 Å². The van der Waals surface area contributed by atoms with E-state index >= 15 is 0 Å². The number of aryl methyl sites for hydroxylation is 1. The summed E-state index contributed by atoms with van der Waals surface area (Å²) in [6.45, 7) is 0.628. The molecule has 9 nitrogen and oxygen atoms in total. The molecule has 0 spiro atoms. The fraction of sp³-hybridized carbons (Fsp3) is 0.250. The van der Waals surface area contributed by atoms with E-state index in [1.54, 1.807) is 48.3 Å². The van der Waals surface area contributed by atoms with Crippen LogP contribution in [0.3, 0.4) is 0 Å². The van der Waals surface area contributed by atoms with Gasteiger partial charge in [0, 0.05) is 35.7 Å². The standard InChI is InChI=1S/C28H28N2O7S/c1-30-23-16-24(19-7-9-21(35-2)10-8-19)38-27(23)22(15-25(30)31)18-3-5-20(6-4-18)28(34)29-11-12-36-13-14-37-17-26(32)33/h3-10,15-16H,11-14,17H2,1-2H3,(H,29,34)(H,32,33). The van der Waals surface area contributed by atoms with Crippen LogP contribution in [-0.4, -0.2) is 61.6 Å². The van der Waals surface area contributed by atoms with Crippen LogP contribution in [0.15, 0.2) is 65.5 Å². The summed E-state index contributed by atoms with van der Waals surface area (Å²) in [5.74, 6) is -0.493. The second kappa shape index (κ2) is 12.5. The van der Waals surface area contributed by atoms with E-state index in [1.807, 2.05) is 42.5 Å². The van der Waals surface area contributed by atoms with E-state index in [4.69, 9.17) is 19.3 Å². The second-order valence-corrected chi connectivity index (χ2v) is 9.45. The highest BCUT2D eigenvalue weighted by molar-refractivity contribution is 7.22. The lowest BCUT2D eigenvalue weighted by Gasteiger charge is -2.09. The lowest BCUT2D eigenvalue weighted by Crippen LogP contribution is -2.27. The smallest absolute Gasteiger partial charge is 0.329 e. The number of thiophene rings is 1. The number of nitrogens with one attached hydrogen (secondary N) is 1. The predicted octanol–water partition coefficient (Wildman–Crippen LogP) is 3.79. The van der Waals surface area contributed by atoms with E-state index < -0.39 is 5.97 Å². The molecule has 4 rings (SSSR count). The first-order valence-corrected chi connectivity index (χ1v) is 12.7. The summed E-state index contributed by atoms with van der Waals surface area (Å²) in [7, 11) is 3.39. The van der Waals surface area contributed by atoms with Crippen molar-refractivity contribution in [3.05, 3.63) is 76.6 Å². The average molecular weight is 537 g/mol. The topological polar surface area (TPSA) is 116 Å². The van der Waals surface area contributed by atoms with Gasteiger partial charge in [-0.2, -0.15) is 0 Å². The van der Waals surface area contributed by atoms with E-state index in [9.17, 15) is 14.4 Å². The average Bonchev–Trinajstić information content (AvgIpc) is 3.38. The van der Waals surface area contributed by atoms with Crippen molar-refractivity contribution in [2.24, 2.45) is 7.05 Å². The predicted molar refractivity (Wildman–Crippen MR) is 146 cm³/mol. The summed E-state index contributed by atoms with van der Waals surface area (Å²) in [4.78, 5) is 36.6. The number of carboxylic acid groups (broad SMARTS) is 1. The van der Waals surface area contributed by atoms with Crippen molar-refractivity contribution in [1.29, 1.82) is 0 Å². The number of hydrogen-bond acceptors (Lipinski definition) is 7. The van der Waals surface area contributed by atoms with Crippen LogP contribution >= 0.6 is 11.3 Å². The molecule has 0 aliphatic rings. The number of aromatic nitrogens is 1. The zero-order valence-corrected chi connectivity index (χ0v) is 21.9. The molecule has 4 aromatic rings. The van der Waals surface area contributed by atoms with Crippen molar-refractivity contribution < 1.29 is 28.9 Å². The van der Waals surface area contributed by atoms with Gasteiger partial charge in [0.2, 0.25) is 0 Å². The first-order valence-electron chi connectivity index (χ1n) is 11.9. The highest BCUT2D eigenvalue weighted by Gasteiger charge is 2.15. The van der Waals surface area contributed by atoms with Crippen molar-refractivity contribution in [3.63, 3.8) is 0 Å². The second-order valence-electron chi connectivity index (χ2n) is 8.40. The van der Waals surface area contributed by atoms with Crippen LogP contribution in [0.5, 0.6) is 5.75 Å². The molecule has 10 heteroatoms. The van der Waals surface area contributed by atoms with Gasteiger partial charge in [-0.25, -0.2) is 4.79 Å². The minimum absolute atomic E-state index is 0.109. The highest BCUT2D eigenvalue weighted by atomic mass is 32.1. The third-order valence-corrected chi connectivity index (χ3v) is 7.09. The number of rotatable bonds is 12. The summed E-state index contributed by atoms with van der Waals surface area (Å²) >= 11 is 1.61. The molecule has 0 saturated heterocycles. The van der Waals surface area contributed by atoms with Crippen LogP contribution in [0, 0.1) is 0 Å². The molecule has 0 bridgehead atoms. The van der Waals surface area contributed by atoms with E-state index in [0.29, 0.717) is 12.1 Å². The molecule has 2 N–H and O–H groups in total. The number of fused-ring (bicyclic) bond motifs is 1. The highest BCUT2D eigenvalue weighted by Crippen LogP contribution is 2.38. The Morgan fingerprint density at radius 3 is 2.32 bits per heavy atom. The van der Waals surface area contributed by atoms with Crippen molar-refractivity contribution in [1.82, 2.24) is 9.88 Å². The lowest BCUT2D eigenvalue weighted by molar-refractivity contribution is -0.142. The third-order valence-electron chi connectivity index (χ3n) is 5.88. The molecule has 2 aromatic heterocycles. The number of nitrogens with zero attached hydrogens (tertiary/aromatic N) is 1. The SMILES string of the molecule is COc1ccc(-c2cc3c(s2)c(-c2ccc(C(=O)NCCOCCOCC(=O)O)cc2)cc(=O)n3C)cc1. The third kappa shape index (κ3) is 6.46. The molecule has 38 heavy (non-hydrogen) atoms. The molecule has 0 aliphatic heterocycles. The first kappa shape index (κ1) is 27.1. The molecule has 198 valence electrons. The Morgan fingerprint density at radius 1 is 0.947 bits per heavy atom. The number of pyridine rings is 1. The largest absolute Gasteiger partial charge is 0.497 e. The number of amides is 1. The number of ether oxygens (including phenoxy) is 3. The molecular formula is C28H28N2O7S. The summed E-state index contributed by atoms with van der Waals surface area (Å²) in [6, 6.07) is 18.6. The number of hydrogen-bond donors (Lipinski definition) is 2. The lowest BCUT2D eigenvalue weighted by atomic mass is 10.0. The molecule has 0 radical (unpaired) electrons. The maximum atomic E-state index is 12.7. The van der Waals surface area contributed by atoms with Crippen LogP contribution in [-0.2, 0) is 21.3 Å². The monoisotopic (exact) mass is 536 g/mol. The molecular weight excluding hydrogens is 508 g/mol. The molecule has 1 amide bonds. The summed E-state index contributed by atoms with van der Waals surface area (Å²) in [6.07, 6.45) is 0. The van der Waals surface area contributed by atoms with Gasteiger partial charge in [-0.3, -0.25) is 9.59 Å².